The topological polar surface area (TPSA) is 36.4 Å². The quantitative estimate of drug-likeness (QED) is 0.839. The zero-order chi connectivity index (χ0) is 17.8. The number of carbonyl (C=O) groups excluding carboxylic acids is 1. The molecular weight excluding hydrogens is 341 g/mol. The van der Waals surface area contributed by atoms with Crippen molar-refractivity contribution in [3.63, 3.8) is 0 Å². The minimum atomic E-state index is -0.436. The molecule has 132 valence electrons. The number of benzene rings is 1. The zero-order valence-corrected chi connectivity index (χ0v) is 15.0. The van der Waals surface area contributed by atoms with Crippen LogP contribution in [0.2, 0.25) is 5.02 Å². The van der Waals surface area contributed by atoms with Gasteiger partial charge in [0.25, 0.3) is 5.91 Å². The third-order valence-electron chi connectivity index (χ3n) is 4.37. The summed E-state index contributed by atoms with van der Waals surface area (Å²) in [6.07, 6.45) is 0.885. The molecule has 1 fully saturated rings. The van der Waals surface area contributed by atoms with Crippen molar-refractivity contribution >= 4 is 17.5 Å². The van der Waals surface area contributed by atoms with Crippen molar-refractivity contribution in [3.05, 3.63) is 64.2 Å². The molecule has 0 spiro atoms. The smallest absolute Gasteiger partial charge is 0.255 e. The van der Waals surface area contributed by atoms with Gasteiger partial charge in [-0.15, -0.1) is 0 Å². The largest absolute Gasteiger partial charge is 0.337 e. The SMILES string of the molecule is Cc1cccc(CN2CCCN(C(=O)c3ccc(F)cc3Cl)CC2)n1. The molecule has 0 saturated carbocycles. The molecule has 0 bridgehead atoms. The highest BCUT2D eigenvalue weighted by molar-refractivity contribution is 6.33. The first kappa shape index (κ1) is 17.8. The predicted octanol–water partition coefficient (Wildman–Crippen LogP) is 3.53. The Balaban J connectivity index is 1.64. The van der Waals surface area contributed by atoms with Crippen molar-refractivity contribution < 1.29 is 9.18 Å². The third kappa shape index (κ3) is 4.55. The Morgan fingerprint density at radius 3 is 2.80 bits per heavy atom. The van der Waals surface area contributed by atoms with Gasteiger partial charge in [-0.2, -0.15) is 0 Å². The summed E-state index contributed by atoms with van der Waals surface area (Å²) in [5.74, 6) is -0.574. The number of rotatable bonds is 3. The van der Waals surface area contributed by atoms with Gasteiger partial charge in [-0.05, 0) is 43.7 Å². The molecule has 1 amide bonds. The van der Waals surface area contributed by atoms with E-state index in [2.05, 4.69) is 9.88 Å². The number of hydrogen-bond donors (Lipinski definition) is 0. The van der Waals surface area contributed by atoms with Gasteiger partial charge in [0.05, 0.1) is 16.3 Å². The van der Waals surface area contributed by atoms with E-state index < -0.39 is 5.82 Å². The Labute approximate surface area is 152 Å². The Morgan fingerprint density at radius 2 is 2.04 bits per heavy atom. The molecule has 2 aromatic rings. The zero-order valence-electron chi connectivity index (χ0n) is 14.2. The number of aryl methyl sites for hydroxylation is 1. The Kier molecular flexibility index (Phi) is 5.66. The molecule has 25 heavy (non-hydrogen) atoms. The van der Waals surface area contributed by atoms with Gasteiger partial charge in [0, 0.05) is 38.4 Å². The lowest BCUT2D eigenvalue weighted by atomic mass is 10.2. The highest BCUT2D eigenvalue weighted by Gasteiger charge is 2.22. The van der Waals surface area contributed by atoms with Crippen LogP contribution in [0.25, 0.3) is 0 Å². The molecule has 0 unspecified atom stereocenters. The van der Waals surface area contributed by atoms with Crippen molar-refractivity contribution in [2.75, 3.05) is 26.2 Å². The van der Waals surface area contributed by atoms with Crippen molar-refractivity contribution in [1.29, 1.82) is 0 Å². The fourth-order valence-electron chi connectivity index (χ4n) is 3.08. The summed E-state index contributed by atoms with van der Waals surface area (Å²) in [6, 6.07) is 9.94. The molecule has 1 aliphatic heterocycles. The molecule has 1 saturated heterocycles. The second kappa shape index (κ2) is 7.93. The van der Waals surface area contributed by atoms with E-state index in [0.717, 1.165) is 37.4 Å². The van der Waals surface area contributed by atoms with Crippen LogP contribution in [0.15, 0.2) is 36.4 Å². The monoisotopic (exact) mass is 361 g/mol. The van der Waals surface area contributed by atoms with Crippen molar-refractivity contribution in [1.82, 2.24) is 14.8 Å². The summed E-state index contributed by atoms with van der Waals surface area (Å²) in [4.78, 5) is 21.3. The molecule has 6 heteroatoms. The Hall–Kier alpha value is -1.98. The molecule has 2 heterocycles. The fraction of sp³-hybridized carbons (Fsp3) is 0.368. The third-order valence-corrected chi connectivity index (χ3v) is 4.68. The normalized spacial score (nSPS) is 15.9. The first-order valence-corrected chi connectivity index (χ1v) is 8.80. The van der Waals surface area contributed by atoms with Crippen LogP contribution in [0.3, 0.4) is 0 Å². The highest BCUT2D eigenvalue weighted by Crippen LogP contribution is 2.20. The molecule has 1 aliphatic rings. The van der Waals surface area contributed by atoms with Crippen LogP contribution >= 0.6 is 11.6 Å². The van der Waals surface area contributed by atoms with Crippen LogP contribution in [0, 0.1) is 12.7 Å². The number of amides is 1. The fourth-order valence-corrected chi connectivity index (χ4v) is 3.33. The minimum absolute atomic E-state index is 0.138. The maximum absolute atomic E-state index is 13.2. The van der Waals surface area contributed by atoms with Crippen LogP contribution in [-0.4, -0.2) is 46.9 Å². The lowest BCUT2D eigenvalue weighted by Crippen LogP contribution is -2.35. The summed E-state index contributed by atoms with van der Waals surface area (Å²) >= 11 is 6.03. The van der Waals surface area contributed by atoms with E-state index in [1.54, 1.807) is 4.90 Å². The number of nitrogens with zero attached hydrogens (tertiary/aromatic N) is 3. The molecule has 3 rings (SSSR count). The molecule has 0 N–H and O–H groups in total. The van der Waals surface area contributed by atoms with Crippen molar-refractivity contribution in [2.24, 2.45) is 0 Å². The molecule has 4 nitrogen and oxygen atoms in total. The number of pyridine rings is 1. The molecular formula is C19H21ClFN3O. The first-order valence-electron chi connectivity index (χ1n) is 8.42. The van der Waals surface area contributed by atoms with Gasteiger partial charge in [0.1, 0.15) is 5.82 Å². The first-order chi connectivity index (χ1) is 12.0. The molecule has 1 aromatic carbocycles. The lowest BCUT2D eigenvalue weighted by Gasteiger charge is -2.22. The van der Waals surface area contributed by atoms with Gasteiger partial charge in [-0.1, -0.05) is 17.7 Å². The second-order valence-electron chi connectivity index (χ2n) is 6.32. The van der Waals surface area contributed by atoms with Crippen molar-refractivity contribution in [3.8, 4) is 0 Å². The Bertz CT molecular complexity index is 768. The van der Waals surface area contributed by atoms with Crippen LogP contribution < -0.4 is 0 Å². The van der Waals surface area contributed by atoms with E-state index >= 15 is 0 Å². The van der Waals surface area contributed by atoms with Crippen LogP contribution in [0.1, 0.15) is 28.2 Å². The van der Waals surface area contributed by atoms with Gasteiger partial charge in [0.2, 0.25) is 0 Å². The summed E-state index contributed by atoms with van der Waals surface area (Å²) < 4.78 is 13.2. The van der Waals surface area contributed by atoms with Crippen LogP contribution in [-0.2, 0) is 6.54 Å². The van der Waals surface area contributed by atoms with E-state index in [4.69, 9.17) is 11.6 Å². The maximum atomic E-state index is 13.2. The molecule has 0 radical (unpaired) electrons. The van der Waals surface area contributed by atoms with E-state index in [1.807, 2.05) is 25.1 Å². The molecule has 1 aromatic heterocycles. The number of aromatic nitrogens is 1. The summed E-state index contributed by atoms with van der Waals surface area (Å²) in [5, 5.41) is 0.162. The van der Waals surface area contributed by atoms with Gasteiger partial charge in [-0.3, -0.25) is 14.7 Å². The minimum Gasteiger partial charge on any atom is -0.337 e. The number of hydrogen-bond acceptors (Lipinski definition) is 3. The summed E-state index contributed by atoms with van der Waals surface area (Å²) in [5.41, 5.74) is 2.41. The van der Waals surface area contributed by atoms with Gasteiger partial charge >= 0.3 is 0 Å². The average molecular weight is 362 g/mol. The van der Waals surface area contributed by atoms with Gasteiger partial charge < -0.3 is 4.90 Å². The van der Waals surface area contributed by atoms with Crippen LogP contribution in [0.4, 0.5) is 4.39 Å². The second-order valence-corrected chi connectivity index (χ2v) is 6.72. The standard InChI is InChI=1S/C19H21ClFN3O/c1-14-4-2-5-16(22-14)13-23-8-3-9-24(11-10-23)19(25)17-7-6-15(21)12-18(17)20/h2,4-7,12H,3,8-11,13H2,1H3. The summed E-state index contributed by atoms with van der Waals surface area (Å²) in [7, 11) is 0. The van der Waals surface area contributed by atoms with E-state index in [-0.39, 0.29) is 10.9 Å². The van der Waals surface area contributed by atoms with E-state index in [1.165, 1.54) is 18.2 Å². The average Bonchev–Trinajstić information content (AvgIpc) is 2.80. The lowest BCUT2D eigenvalue weighted by molar-refractivity contribution is 0.0761. The van der Waals surface area contributed by atoms with Crippen LogP contribution in [0.5, 0.6) is 0 Å². The number of halogens is 2. The van der Waals surface area contributed by atoms with Gasteiger partial charge in [0.15, 0.2) is 0 Å². The Morgan fingerprint density at radius 1 is 1.20 bits per heavy atom. The maximum Gasteiger partial charge on any atom is 0.255 e. The molecule has 0 atom stereocenters. The summed E-state index contributed by atoms with van der Waals surface area (Å²) in [6.45, 7) is 5.75. The van der Waals surface area contributed by atoms with Gasteiger partial charge in [-0.25, -0.2) is 4.39 Å². The van der Waals surface area contributed by atoms with E-state index in [0.29, 0.717) is 18.7 Å². The predicted molar refractivity (Wildman–Crippen MR) is 96.2 cm³/mol. The van der Waals surface area contributed by atoms with E-state index in [9.17, 15) is 9.18 Å². The molecule has 0 aliphatic carbocycles. The van der Waals surface area contributed by atoms with Crippen molar-refractivity contribution in [2.45, 2.75) is 19.9 Å². The highest BCUT2D eigenvalue weighted by atomic mass is 35.5. The number of carbonyl (C=O) groups is 1.